The molecule has 0 fully saturated rings. The van der Waals surface area contributed by atoms with Crippen LogP contribution >= 0.6 is 0 Å². The number of para-hydroxylation sites is 10. The molecule has 0 N–H and O–H groups in total. The quantitative estimate of drug-likeness (QED) is 0.0754. The number of benzene rings is 10. The minimum absolute atomic E-state index is 0.542. The SMILES string of the molecule is CCOc1ccccc1N(c1ccc(-c2cc(-c3ccc(N(c4ccccc4C)c4ccccc4OCC)cc3)cc(-c3ccc(N(c4ccccc4OCC)c4ccccc4OCC)cc3)c2)cc1)c1ccccc1C. The van der Waals surface area contributed by atoms with Gasteiger partial charge in [-0.15, -0.1) is 0 Å². The smallest absolute Gasteiger partial charge is 0.143 e. The molecule has 0 spiro atoms. The molecular formula is C70H65N3O4. The van der Waals surface area contributed by atoms with E-state index in [4.69, 9.17) is 18.9 Å². The number of hydrogen-bond acceptors (Lipinski definition) is 7. The zero-order valence-electron chi connectivity index (χ0n) is 44.8. The van der Waals surface area contributed by atoms with Crippen LogP contribution in [0.1, 0.15) is 38.8 Å². The van der Waals surface area contributed by atoms with Crippen LogP contribution in [0, 0.1) is 13.8 Å². The van der Waals surface area contributed by atoms with Crippen molar-refractivity contribution in [2.24, 2.45) is 0 Å². The molecule has 0 atom stereocenters. The van der Waals surface area contributed by atoms with Crippen LogP contribution in [0.3, 0.4) is 0 Å². The molecule has 7 heteroatoms. The van der Waals surface area contributed by atoms with E-state index in [1.807, 2.05) is 76.2 Å². The van der Waals surface area contributed by atoms with Crippen molar-refractivity contribution in [2.75, 3.05) is 41.1 Å². The summed E-state index contributed by atoms with van der Waals surface area (Å²) >= 11 is 0. The summed E-state index contributed by atoms with van der Waals surface area (Å²) in [5.41, 5.74) is 17.9. The molecule has 0 radical (unpaired) electrons. The van der Waals surface area contributed by atoms with E-state index in [0.29, 0.717) is 26.4 Å². The van der Waals surface area contributed by atoms with Crippen LogP contribution in [-0.2, 0) is 0 Å². The largest absolute Gasteiger partial charge is 0.492 e. The third-order valence-corrected chi connectivity index (χ3v) is 13.6. The molecule has 10 rings (SSSR count). The first-order valence-electron chi connectivity index (χ1n) is 26.7. The van der Waals surface area contributed by atoms with E-state index in [9.17, 15) is 0 Å². The zero-order chi connectivity index (χ0) is 53.1. The lowest BCUT2D eigenvalue weighted by atomic mass is 9.93. The van der Waals surface area contributed by atoms with Gasteiger partial charge < -0.3 is 33.6 Å². The van der Waals surface area contributed by atoms with Crippen LogP contribution in [0.25, 0.3) is 33.4 Å². The van der Waals surface area contributed by atoms with Crippen LogP contribution in [0.5, 0.6) is 23.0 Å². The lowest BCUT2D eigenvalue weighted by molar-refractivity contribution is 0.339. The van der Waals surface area contributed by atoms with E-state index >= 15 is 0 Å². The molecule has 7 nitrogen and oxygen atoms in total. The second-order valence-electron chi connectivity index (χ2n) is 18.6. The summed E-state index contributed by atoms with van der Waals surface area (Å²) in [7, 11) is 0. The van der Waals surface area contributed by atoms with E-state index < -0.39 is 0 Å². The van der Waals surface area contributed by atoms with Gasteiger partial charge in [0, 0.05) is 28.4 Å². The number of nitrogens with zero attached hydrogens (tertiary/aromatic N) is 3. The van der Waals surface area contributed by atoms with Crippen molar-refractivity contribution >= 4 is 51.2 Å². The van der Waals surface area contributed by atoms with Gasteiger partial charge in [0.25, 0.3) is 0 Å². The van der Waals surface area contributed by atoms with Gasteiger partial charge in [-0.1, -0.05) is 121 Å². The summed E-state index contributed by atoms with van der Waals surface area (Å²) in [5.74, 6) is 3.25. The molecule has 0 amide bonds. The zero-order valence-corrected chi connectivity index (χ0v) is 44.8. The Kier molecular flexibility index (Phi) is 16.0. The van der Waals surface area contributed by atoms with Gasteiger partial charge in [-0.25, -0.2) is 0 Å². The molecule has 384 valence electrons. The Morgan fingerprint density at radius 2 is 0.468 bits per heavy atom. The summed E-state index contributed by atoms with van der Waals surface area (Å²) in [6.45, 7) is 14.6. The molecule has 0 unspecified atom stereocenters. The van der Waals surface area contributed by atoms with Gasteiger partial charge in [0.15, 0.2) is 0 Å². The Morgan fingerprint density at radius 3 is 0.714 bits per heavy atom. The van der Waals surface area contributed by atoms with Crippen molar-refractivity contribution < 1.29 is 18.9 Å². The van der Waals surface area contributed by atoms with Gasteiger partial charge in [0.2, 0.25) is 0 Å². The molecule has 77 heavy (non-hydrogen) atoms. The van der Waals surface area contributed by atoms with Gasteiger partial charge in [-0.3, -0.25) is 0 Å². The van der Waals surface area contributed by atoms with Crippen molar-refractivity contribution in [3.05, 3.63) is 248 Å². The van der Waals surface area contributed by atoms with Gasteiger partial charge in [-0.2, -0.15) is 0 Å². The van der Waals surface area contributed by atoms with E-state index in [2.05, 4.69) is 217 Å². The Bertz CT molecular complexity index is 3360. The first kappa shape index (κ1) is 51.3. The first-order chi connectivity index (χ1) is 37.9. The molecule has 0 aromatic heterocycles. The second kappa shape index (κ2) is 24.0. The third-order valence-electron chi connectivity index (χ3n) is 13.6. The normalized spacial score (nSPS) is 10.9. The lowest BCUT2D eigenvalue weighted by Crippen LogP contribution is -2.13. The molecule has 0 aliphatic rings. The Labute approximate surface area is 454 Å². The highest BCUT2D eigenvalue weighted by Crippen LogP contribution is 2.47. The highest BCUT2D eigenvalue weighted by atomic mass is 16.5. The number of hydrogen-bond donors (Lipinski definition) is 0. The number of aryl methyl sites for hydroxylation is 2. The minimum Gasteiger partial charge on any atom is -0.492 e. The molecule has 0 bridgehead atoms. The predicted octanol–water partition coefficient (Wildman–Crippen LogP) is 19.3. The van der Waals surface area contributed by atoms with E-state index in [-0.39, 0.29) is 0 Å². The maximum atomic E-state index is 6.24. The number of anilines is 9. The average Bonchev–Trinajstić information content (AvgIpc) is 3.47. The van der Waals surface area contributed by atoms with Crippen molar-refractivity contribution in [3.63, 3.8) is 0 Å². The van der Waals surface area contributed by atoms with Crippen LogP contribution in [0.4, 0.5) is 51.2 Å². The maximum absolute atomic E-state index is 6.24. The molecule has 0 aliphatic carbocycles. The number of rotatable bonds is 20. The summed E-state index contributed by atoms with van der Waals surface area (Å²) < 4.78 is 24.9. The Balaban J connectivity index is 1.09. The topological polar surface area (TPSA) is 46.6 Å². The van der Waals surface area contributed by atoms with Crippen molar-refractivity contribution in [1.82, 2.24) is 0 Å². The van der Waals surface area contributed by atoms with Crippen molar-refractivity contribution in [2.45, 2.75) is 41.5 Å². The van der Waals surface area contributed by atoms with E-state index in [1.165, 1.54) is 0 Å². The monoisotopic (exact) mass is 1010 g/mol. The predicted molar refractivity (Wildman–Crippen MR) is 321 cm³/mol. The first-order valence-corrected chi connectivity index (χ1v) is 26.7. The van der Waals surface area contributed by atoms with Gasteiger partial charge >= 0.3 is 0 Å². The van der Waals surface area contributed by atoms with Crippen molar-refractivity contribution in [1.29, 1.82) is 0 Å². The summed E-state index contributed by atoms with van der Waals surface area (Å²) in [5, 5.41) is 0. The highest BCUT2D eigenvalue weighted by molar-refractivity contribution is 5.89. The fourth-order valence-corrected chi connectivity index (χ4v) is 10.1. The Hall–Kier alpha value is -9.20. The molecule has 10 aromatic rings. The standard InChI is InChI=1S/C70H65N3O4/c1-7-74-67-31-19-15-27-63(67)71(61-25-13-11-23-50(61)5)58-41-35-52(36-42-58)55-47-56(53-37-43-59(44-38-53)72(62-26-14-12-24-51(62)6)64-28-16-20-32-68(64)75-8-2)49-57(48-55)54-39-45-60(46-40-54)73(65-29-17-21-33-69(65)76-9-3)66-30-18-22-34-70(66)77-10-4/h11-49H,7-10H2,1-6H3. The second-order valence-corrected chi connectivity index (χ2v) is 18.6. The molecule has 0 heterocycles. The van der Waals surface area contributed by atoms with E-state index in [0.717, 1.165) is 119 Å². The molecule has 0 aliphatic heterocycles. The highest BCUT2D eigenvalue weighted by Gasteiger charge is 2.23. The van der Waals surface area contributed by atoms with Gasteiger partial charge in [0.05, 0.1) is 49.2 Å². The molecular weight excluding hydrogens is 947 g/mol. The maximum Gasteiger partial charge on any atom is 0.143 e. The van der Waals surface area contributed by atoms with Crippen LogP contribution in [0.15, 0.2) is 237 Å². The van der Waals surface area contributed by atoms with Crippen LogP contribution in [-0.4, -0.2) is 26.4 Å². The summed E-state index contributed by atoms with van der Waals surface area (Å²) in [4.78, 5) is 6.82. The fourth-order valence-electron chi connectivity index (χ4n) is 10.1. The molecule has 0 saturated heterocycles. The third kappa shape index (κ3) is 11.1. The fraction of sp³-hybridized carbons (Fsp3) is 0.143. The Morgan fingerprint density at radius 1 is 0.247 bits per heavy atom. The van der Waals surface area contributed by atoms with E-state index in [1.54, 1.807) is 0 Å². The lowest BCUT2D eigenvalue weighted by Gasteiger charge is -2.29. The average molecular weight is 1010 g/mol. The summed E-state index contributed by atoms with van der Waals surface area (Å²) in [6, 6.07) is 83.5. The van der Waals surface area contributed by atoms with Crippen LogP contribution < -0.4 is 33.6 Å². The van der Waals surface area contributed by atoms with Crippen molar-refractivity contribution in [3.8, 4) is 56.4 Å². The van der Waals surface area contributed by atoms with Gasteiger partial charge in [0.1, 0.15) is 23.0 Å². The number of ether oxygens (including phenoxy) is 4. The minimum atomic E-state index is 0.542. The molecule has 10 aromatic carbocycles. The van der Waals surface area contributed by atoms with Gasteiger partial charge in [-0.05, 0) is 201 Å². The summed E-state index contributed by atoms with van der Waals surface area (Å²) in [6.07, 6.45) is 0. The van der Waals surface area contributed by atoms with Crippen LogP contribution in [0.2, 0.25) is 0 Å². The molecule has 0 saturated carbocycles.